The van der Waals surface area contributed by atoms with Crippen LogP contribution in [-0.4, -0.2) is 36.4 Å². The van der Waals surface area contributed by atoms with Gasteiger partial charge in [-0.25, -0.2) is 4.39 Å². The Labute approximate surface area is 98.8 Å². The van der Waals surface area contributed by atoms with Gasteiger partial charge in [-0.3, -0.25) is 4.79 Å². The van der Waals surface area contributed by atoms with Gasteiger partial charge in [0, 0.05) is 19.3 Å². The highest BCUT2D eigenvalue weighted by Crippen LogP contribution is 2.17. The molecule has 0 aliphatic carbocycles. The number of hydrogen-bond donors (Lipinski definition) is 1. The van der Waals surface area contributed by atoms with Crippen LogP contribution in [0, 0.1) is 5.82 Å². The molecule has 0 radical (unpaired) electrons. The van der Waals surface area contributed by atoms with E-state index < -0.39 is 5.82 Å². The average molecular weight is 242 g/mol. The van der Waals surface area contributed by atoms with Gasteiger partial charge in [-0.05, 0) is 18.4 Å². The summed E-state index contributed by atoms with van der Waals surface area (Å²) < 4.78 is 13.2. The Morgan fingerprint density at radius 2 is 2.25 bits per heavy atom. The van der Waals surface area contributed by atoms with Crippen molar-refractivity contribution in [1.82, 2.24) is 4.90 Å². The number of nitrogens with two attached hydrogens (primary N) is 1. The summed E-state index contributed by atoms with van der Waals surface area (Å²) in [6, 6.07) is 4.27. The van der Waals surface area contributed by atoms with Crippen LogP contribution in [0.3, 0.4) is 0 Å². The summed E-state index contributed by atoms with van der Waals surface area (Å²) in [5.41, 5.74) is 5.67. The predicted molar refractivity (Wildman–Crippen MR) is 66.2 cm³/mol. The molecule has 0 unspecified atom stereocenters. The number of thioether (sulfide) groups is 1. The van der Waals surface area contributed by atoms with E-state index >= 15 is 0 Å². The van der Waals surface area contributed by atoms with Gasteiger partial charge in [-0.2, -0.15) is 11.8 Å². The fourth-order valence-electron chi connectivity index (χ4n) is 1.26. The van der Waals surface area contributed by atoms with Crippen molar-refractivity contribution >= 4 is 23.4 Å². The summed E-state index contributed by atoms with van der Waals surface area (Å²) in [4.78, 5) is 13.4. The second-order valence-electron chi connectivity index (χ2n) is 3.42. The predicted octanol–water partition coefficient (Wildman–Crippen LogP) is 1.84. The Balaban J connectivity index is 2.84. The summed E-state index contributed by atoms with van der Waals surface area (Å²) in [7, 11) is 1.68. The number of anilines is 1. The number of carbonyl (C=O) groups is 1. The maximum Gasteiger partial charge on any atom is 0.255 e. The molecule has 0 saturated heterocycles. The van der Waals surface area contributed by atoms with Crippen LogP contribution in [0.2, 0.25) is 0 Å². The zero-order valence-corrected chi connectivity index (χ0v) is 10.2. The Kier molecular flexibility index (Phi) is 4.61. The van der Waals surface area contributed by atoms with Crippen LogP contribution in [0.25, 0.3) is 0 Å². The van der Waals surface area contributed by atoms with E-state index in [9.17, 15) is 9.18 Å². The third-order valence-corrected chi connectivity index (χ3v) is 2.85. The lowest BCUT2D eigenvalue weighted by atomic mass is 10.1. The van der Waals surface area contributed by atoms with E-state index in [1.54, 1.807) is 23.7 Å². The molecule has 3 nitrogen and oxygen atoms in total. The number of nitrogen functional groups attached to an aromatic ring is 1. The molecule has 88 valence electrons. The van der Waals surface area contributed by atoms with Crippen molar-refractivity contribution in [2.45, 2.75) is 0 Å². The highest BCUT2D eigenvalue weighted by molar-refractivity contribution is 7.98. The molecule has 0 aliphatic rings. The summed E-state index contributed by atoms with van der Waals surface area (Å²) in [6.07, 6.45) is 1.97. The van der Waals surface area contributed by atoms with Gasteiger partial charge in [0.25, 0.3) is 5.91 Å². The van der Waals surface area contributed by atoms with E-state index in [0.29, 0.717) is 6.54 Å². The van der Waals surface area contributed by atoms with Crippen molar-refractivity contribution in [2.75, 3.05) is 31.3 Å². The molecule has 0 atom stereocenters. The smallest absolute Gasteiger partial charge is 0.255 e. The fraction of sp³-hybridized carbons (Fsp3) is 0.364. The number of amides is 1. The Hall–Kier alpha value is -1.23. The number of hydrogen-bond acceptors (Lipinski definition) is 3. The number of rotatable bonds is 4. The summed E-state index contributed by atoms with van der Waals surface area (Å²) >= 11 is 1.65. The maximum absolute atomic E-state index is 13.2. The maximum atomic E-state index is 13.2. The highest BCUT2D eigenvalue weighted by atomic mass is 32.2. The van der Waals surface area contributed by atoms with Crippen molar-refractivity contribution in [2.24, 2.45) is 0 Å². The van der Waals surface area contributed by atoms with Crippen molar-refractivity contribution in [3.8, 4) is 0 Å². The van der Waals surface area contributed by atoms with E-state index in [4.69, 9.17) is 5.73 Å². The molecule has 0 heterocycles. The molecule has 1 aromatic carbocycles. The van der Waals surface area contributed by atoms with E-state index in [2.05, 4.69) is 0 Å². The van der Waals surface area contributed by atoms with Crippen LogP contribution in [0.15, 0.2) is 18.2 Å². The summed E-state index contributed by atoms with van der Waals surface area (Å²) in [6.45, 7) is 0.621. The molecule has 1 amide bonds. The van der Waals surface area contributed by atoms with Crippen molar-refractivity contribution in [1.29, 1.82) is 0 Å². The van der Waals surface area contributed by atoms with Gasteiger partial charge in [0.2, 0.25) is 0 Å². The number of para-hydroxylation sites is 1. The van der Waals surface area contributed by atoms with Crippen LogP contribution in [0.1, 0.15) is 10.4 Å². The first-order valence-corrected chi connectivity index (χ1v) is 6.25. The first kappa shape index (κ1) is 12.8. The SMILES string of the molecule is CSCCN(C)C(=O)c1cccc(F)c1N. The zero-order chi connectivity index (χ0) is 12.1. The van der Waals surface area contributed by atoms with E-state index in [0.717, 1.165) is 5.75 Å². The van der Waals surface area contributed by atoms with Gasteiger partial charge in [0.15, 0.2) is 0 Å². The molecule has 0 fully saturated rings. The molecule has 5 heteroatoms. The largest absolute Gasteiger partial charge is 0.396 e. The minimum absolute atomic E-state index is 0.0801. The normalized spacial score (nSPS) is 10.2. The van der Waals surface area contributed by atoms with Gasteiger partial charge in [-0.1, -0.05) is 6.07 Å². The van der Waals surface area contributed by atoms with E-state index in [-0.39, 0.29) is 17.2 Å². The Morgan fingerprint density at radius 3 is 2.88 bits per heavy atom. The first-order valence-electron chi connectivity index (χ1n) is 4.86. The fourth-order valence-corrected chi connectivity index (χ4v) is 1.72. The Bertz CT molecular complexity index is 384. The monoisotopic (exact) mass is 242 g/mol. The Morgan fingerprint density at radius 1 is 1.56 bits per heavy atom. The van der Waals surface area contributed by atoms with Crippen molar-refractivity contribution in [3.63, 3.8) is 0 Å². The average Bonchev–Trinajstić information content (AvgIpc) is 2.28. The number of nitrogens with zero attached hydrogens (tertiary/aromatic N) is 1. The van der Waals surface area contributed by atoms with Crippen LogP contribution in [0.4, 0.5) is 10.1 Å². The molecule has 0 spiro atoms. The van der Waals surface area contributed by atoms with Gasteiger partial charge in [0.05, 0.1) is 11.3 Å². The first-order chi connectivity index (χ1) is 7.57. The summed E-state index contributed by atoms with van der Waals surface area (Å²) in [5, 5.41) is 0. The lowest BCUT2D eigenvalue weighted by Crippen LogP contribution is -2.29. The van der Waals surface area contributed by atoms with Gasteiger partial charge in [0.1, 0.15) is 5.82 Å². The molecule has 0 bridgehead atoms. The highest BCUT2D eigenvalue weighted by Gasteiger charge is 2.15. The molecule has 0 saturated carbocycles. The van der Waals surface area contributed by atoms with Crippen molar-refractivity contribution in [3.05, 3.63) is 29.6 Å². The lowest BCUT2D eigenvalue weighted by molar-refractivity contribution is 0.0804. The molecule has 1 rings (SSSR count). The third-order valence-electron chi connectivity index (χ3n) is 2.26. The lowest BCUT2D eigenvalue weighted by Gasteiger charge is -2.17. The second-order valence-corrected chi connectivity index (χ2v) is 4.41. The standard InChI is InChI=1S/C11H15FN2OS/c1-14(6-7-16-2)11(15)8-4-3-5-9(12)10(8)13/h3-5H,6-7,13H2,1-2H3. The van der Waals surface area contributed by atoms with E-state index in [1.807, 2.05) is 6.26 Å². The van der Waals surface area contributed by atoms with Gasteiger partial charge < -0.3 is 10.6 Å². The van der Waals surface area contributed by atoms with Gasteiger partial charge in [-0.15, -0.1) is 0 Å². The molecular weight excluding hydrogens is 227 g/mol. The second kappa shape index (κ2) is 5.75. The minimum Gasteiger partial charge on any atom is -0.396 e. The molecule has 16 heavy (non-hydrogen) atoms. The topological polar surface area (TPSA) is 46.3 Å². The molecule has 0 aliphatic heterocycles. The third kappa shape index (κ3) is 2.88. The molecule has 2 N–H and O–H groups in total. The molecular formula is C11H15FN2OS. The quantitative estimate of drug-likeness (QED) is 0.819. The van der Waals surface area contributed by atoms with Crippen molar-refractivity contribution < 1.29 is 9.18 Å². The van der Waals surface area contributed by atoms with Crippen LogP contribution in [-0.2, 0) is 0 Å². The number of carbonyl (C=O) groups excluding carboxylic acids is 1. The summed E-state index contributed by atoms with van der Waals surface area (Å²) in [5.74, 6) is 0.0486. The molecule has 1 aromatic rings. The number of halogens is 1. The van der Waals surface area contributed by atoms with Crippen LogP contribution < -0.4 is 5.73 Å². The van der Waals surface area contributed by atoms with Crippen LogP contribution >= 0.6 is 11.8 Å². The van der Waals surface area contributed by atoms with Gasteiger partial charge >= 0.3 is 0 Å². The molecule has 0 aromatic heterocycles. The van der Waals surface area contributed by atoms with E-state index in [1.165, 1.54) is 18.2 Å². The van der Waals surface area contributed by atoms with Crippen LogP contribution in [0.5, 0.6) is 0 Å². The minimum atomic E-state index is -0.552. The zero-order valence-electron chi connectivity index (χ0n) is 9.37. The number of benzene rings is 1.